The van der Waals surface area contributed by atoms with Crippen LogP contribution in [0, 0.1) is 5.41 Å². The maximum Gasteiger partial charge on any atom is 0.251 e. The Hall–Kier alpha value is -1.14. The van der Waals surface area contributed by atoms with Crippen molar-refractivity contribution in [3.8, 4) is 0 Å². The molecule has 0 atom stereocenters. The second kappa shape index (κ2) is 6.54. The van der Waals surface area contributed by atoms with Crippen molar-refractivity contribution in [3.63, 3.8) is 0 Å². The summed E-state index contributed by atoms with van der Waals surface area (Å²) in [5.74, 6) is 0.0297. The lowest BCUT2D eigenvalue weighted by Gasteiger charge is -2.44. The number of hydrogen-bond donors (Lipinski definition) is 0. The van der Waals surface area contributed by atoms with Gasteiger partial charge in [0.1, 0.15) is 6.54 Å². The summed E-state index contributed by atoms with van der Waals surface area (Å²) in [5.41, 5.74) is 0.233. The van der Waals surface area contributed by atoms with Gasteiger partial charge in [0.05, 0.1) is 0 Å². The Morgan fingerprint density at radius 3 is 2.55 bits per heavy atom. The Morgan fingerprint density at radius 1 is 1.18 bits per heavy atom. The summed E-state index contributed by atoms with van der Waals surface area (Å²) in [6, 6.07) is 3.17. The van der Waals surface area contributed by atoms with Gasteiger partial charge in [0.25, 0.3) is 5.56 Å². The van der Waals surface area contributed by atoms with Crippen LogP contribution in [0.5, 0.6) is 0 Å². The van der Waals surface area contributed by atoms with Gasteiger partial charge in [0, 0.05) is 43.0 Å². The summed E-state index contributed by atoms with van der Waals surface area (Å²) in [7, 11) is 0. The summed E-state index contributed by atoms with van der Waals surface area (Å²) in [5, 5.41) is 0. The molecule has 2 aliphatic heterocycles. The van der Waals surface area contributed by atoms with E-state index in [4.69, 9.17) is 4.74 Å². The number of aromatic nitrogens is 1. The van der Waals surface area contributed by atoms with Crippen LogP contribution in [-0.4, -0.2) is 41.7 Å². The maximum atomic E-state index is 12.4. The second-order valence-electron chi connectivity index (χ2n) is 6.31. The van der Waals surface area contributed by atoms with Crippen molar-refractivity contribution < 1.29 is 9.53 Å². The minimum atomic E-state index is -0.144. The third-order valence-corrected chi connectivity index (χ3v) is 5.45. The molecular weight excluding hydrogens is 348 g/mol. The summed E-state index contributed by atoms with van der Waals surface area (Å²) >= 11 is 3.33. The molecule has 0 unspecified atom stereocenters. The molecular formula is C16H21BrN2O3. The third kappa shape index (κ3) is 3.43. The average molecular weight is 369 g/mol. The Bertz CT molecular complexity index is 598. The molecule has 0 bridgehead atoms. The zero-order valence-corrected chi connectivity index (χ0v) is 14.2. The van der Waals surface area contributed by atoms with E-state index >= 15 is 0 Å². The molecule has 3 heterocycles. The lowest BCUT2D eigenvalue weighted by atomic mass is 9.72. The molecule has 1 aromatic heterocycles. The first kappa shape index (κ1) is 15.7. The molecule has 1 spiro atoms. The average Bonchev–Trinajstić information content (AvgIpc) is 2.52. The number of carbonyl (C=O) groups is 1. The molecule has 0 N–H and O–H groups in total. The van der Waals surface area contributed by atoms with Gasteiger partial charge in [-0.3, -0.25) is 9.59 Å². The normalized spacial score (nSPS) is 21.0. The van der Waals surface area contributed by atoms with Crippen LogP contribution in [0.4, 0.5) is 0 Å². The quantitative estimate of drug-likeness (QED) is 0.802. The van der Waals surface area contributed by atoms with Gasteiger partial charge in [-0.1, -0.05) is 0 Å². The molecule has 2 fully saturated rings. The minimum Gasteiger partial charge on any atom is -0.381 e. The van der Waals surface area contributed by atoms with Gasteiger partial charge < -0.3 is 14.2 Å². The van der Waals surface area contributed by atoms with Crippen molar-refractivity contribution in [3.05, 3.63) is 33.2 Å². The number of pyridine rings is 1. The SMILES string of the molecule is O=C(Cn1cc(Br)ccc1=O)N1CCC2(CCOCC2)CC1. The Labute approximate surface area is 138 Å². The fourth-order valence-corrected chi connectivity index (χ4v) is 3.79. The van der Waals surface area contributed by atoms with E-state index in [1.165, 1.54) is 10.6 Å². The standard InChI is InChI=1S/C16H21BrN2O3/c17-13-1-2-14(20)19(11-13)12-15(21)18-7-3-16(4-8-18)5-9-22-10-6-16/h1-2,11H,3-10,12H2. The topological polar surface area (TPSA) is 51.5 Å². The number of rotatable bonds is 2. The first-order chi connectivity index (χ1) is 10.6. The molecule has 1 amide bonds. The molecule has 6 heteroatoms. The fourth-order valence-electron chi connectivity index (χ4n) is 3.41. The van der Waals surface area contributed by atoms with E-state index in [-0.39, 0.29) is 18.0 Å². The van der Waals surface area contributed by atoms with Crippen LogP contribution in [-0.2, 0) is 16.1 Å². The van der Waals surface area contributed by atoms with Crippen LogP contribution in [0.25, 0.3) is 0 Å². The van der Waals surface area contributed by atoms with Gasteiger partial charge in [-0.2, -0.15) is 0 Å². The monoisotopic (exact) mass is 368 g/mol. The van der Waals surface area contributed by atoms with Crippen molar-refractivity contribution in [1.29, 1.82) is 0 Å². The smallest absolute Gasteiger partial charge is 0.251 e. The molecule has 2 saturated heterocycles. The first-order valence-corrected chi connectivity index (χ1v) is 8.59. The Balaban J connectivity index is 1.60. The maximum absolute atomic E-state index is 12.4. The molecule has 0 aliphatic carbocycles. The van der Waals surface area contributed by atoms with Gasteiger partial charge in [-0.25, -0.2) is 0 Å². The van der Waals surface area contributed by atoms with Crippen LogP contribution in [0.3, 0.4) is 0 Å². The number of piperidine rings is 1. The summed E-state index contributed by atoms with van der Waals surface area (Å²) < 4.78 is 7.72. The molecule has 0 saturated carbocycles. The van der Waals surface area contributed by atoms with Crippen LogP contribution < -0.4 is 5.56 Å². The molecule has 0 aromatic carbocycles. The first-order valence-electron chi connectivity index (χ1n) is 7.80. The van der Waals surface area contributed by atoms with Crippen LogP contribution in [0.1, 0.15) is 25.7 Å². The van der Waals surface area contributed by atoms with E-state index in [1.807, 2.05) is 4.90 Å². The zero-order valence-electron chi connectivity index (χ0n) is 12.6. The molecule has 2 aliphatic rings. The van der Waals surface area contributed by atoms with Gasteiger partial charge in [-0.05, 0) is 53.1 Å². The Morgan fingerprint density at radius 2 is 1.86 bits per heavy atom. The highest BCUT2D eigenvalue weighted by molar-refractivity contribution is 9.10. The third-order valence-electron chi connectivity index (χ3n) is 4.98. The largest absolute Gasteiger partial charge is 0.381 e. The fraction of sp³-hybridized carbons (Fsp3) is 0.625. The number of halogens is 1. The number of hydrogen-bond acceptors (Lipinski definition) is 3. The van der Waals surface area contributed by atoms with E-state index in [0.717, 1.165) is 56.5 Å². The number of likely N-dealkylation sites (tertiary alicyclic amines) is 1. The van der Waals surface area contributed by atoms with E-state index in [0.29, 0.717) is 5.41 Å². The van der Waals surface area contributed by atoms with Crippen molar-refractivity contribution in [2.75, 3.05) is 26.3 Å². The molecule has 3 rings (SSSR count). The zero-order chi connectivity index (χ0) is 15.6. The second-order valence-corrected chi connectivity index (χ2v) is 7.22. The van der Waals surface area contributed by atoms with Crippen LogP contribution >= 0.6 is 15.9 Å². The number of nitrogens with zero attached hydrogens (tertiary/aromatic N) is 2. The lowest BCUT2D eigenvalue weighted by molar-refractivity contribution is -0.135. The summed E-state index contributed by atoms with van der Waals surface area (Å²) in [6.07, 6.45) is 6.00. The molecule has 0 radical (unpaired) electrons. The molecule has 1 aromatic rings. The van der Waals surface area contributed by atoms with Gasteiger partial charge in [0.15, 0.2) is 0 Å². The van der Waals surface area contributed by atoms with Gasteiger partial charge >= 0.3 is 0 Å². The highest BCUT2D eigenvalue weighted by Crippen LogP contribution is 2.40. The van der Waals surface area contributed by atoms with E-state index in [2.05, 4.69) is 15.9 Å². The van der Waals surface area contributed by atoms with Gasteiger partial charge in [0.2, 0.25) is 5.91 Å². The van der Waals surface area contributed by atoms with Crippen molar-refractivity contribution in [1.82, 2.24) is 9.47 Å². The van der Waals surface area contributed by atoms with E-state index < -0.39 is 0 Å². The van der Waals surface area contributed by atoms with Crippen molar-refractivity contribution in [2.24, 2.45) is 5.41 Å². The highest BCUT2D eigenvalue weighted by atomic mass is 79.9. The highest BCUT2D eigenvalue weighted by Gasteiger charge is 2.37. The molecule has 120 valence electrons. The Kier molecular flexibility index (Phi) is 4.68. The lowest BCUT2D eigenvalue weighted by Crippen LogP contribution is -2.46. The van der Waals surface area contributed by atoms with Gasteiger partial charge in [-0.15, -0.1) is 0 Å². The number of ether oxygens (including phenoxy) is 1. The predicted octanol–water partition coefficient (Wildman–Crippen LogP) is 2.03. The number of amides is 1. The van der Waals surface area contributed by atoms with Crippen molar-refractivity contribution in [2.45, 2.75) is 32.2 Å². The minimum absolute atomic E-state index is 0.0297. The van der Waals surface area contributed by atoms with Crippen molar-refractivity contribution >= 4 is 21.8 Å². The molecule has 22 heavy (non-hydrogen) atoms. The summed E-state index contributed by atoms with van der Waals surface area (Å²) in [4.78, 5) is 26.1. The van der Waals surface area contributed by atoms with E-state index in [9.17, 15) is 9.59 Å². The van der Waals surface area contributed by atoms with Crippen LogP contribution in [0.15, 0.2) is 27.6 Å². The summed E-state index contributed by atoms with van der Waals surface area (Å²) in [6.45, 7) is 3.40. The van der Waals surface area contributed by atoms with Crippen LogP contribution in [0.2, 0.25) is 0 Å². The molecule has 5 nitrogen and oxygen atoms in total. The predicted molar refractivity (Wildman–Crippen MR) is 86.7 cm³/mol. The number of carbonyl (C=O) groups excluding carboxylic acids is 1. The van der Waals surface area contributed by atoms with E-state index in [1.54, 1.807) is 12.3 Å².